The summed E-state index contributed by atoms with van der Waals surface area (Å²) in [4.78, 5) is 59.8. The normalized spacial score (nSPS) is 12.7. The van der Waals surface area contributed by atoms with Gasteiger partial charge in [-0.25, -0.2) is 9.97 Å². The summed E-state index contributed by atoms with van der Waals surface area (Å²) in [5.74, 6) is 0. The number of nitrogens with zero attached hydrogens (tertiary/aromatic N) is 6. The summed E-state index contributed by atoms with van der Waals surface area (Å²) in [6, 6.07) is 23.9. The first-order valence-corrected chi connectivity index (χ1v) is 14.9. The molecule has 0 fully saturated rings. The summed E-state index contributed by atoms with van der Waals surface area (Å²) >= 11 is 0. The number of non-ortho nitro benzene ring substituents is 2. The molecular weight excluding hydrogens is 612 g/mol. The molecule has 0 aliphatic rings. The monoisotopic (exact) mass is 626 g/mol. The maximum absolute atomic E-state index is 14.1. The minimum Gasteiger partial charge on any atom is -0.268 e. The average molecular weight is 627 g/mol. The molecule has 48 heavy (non-hydrogen) atoms. The molecule has 0 saturated carbocycles. The second-order valence-electron chi connectivity index (χ2n) is 12.2. The number of hydrogen-bond donors (Lipinski definition) is 0. The first-order valence-electron chi connectivity index (χ1n) is 14.9. The van der Waals surface area contributed by atoms with Gasteiger partial charge < -0.3 is 0 Å². The summed E-state index contributed by atoms with van der Waals surface area (Å²) < 4.78 is 2.91. The van der Waals surface area contributed by atoms with E-state index in [-0.39, 0.29) is 22.5 Å². The van der Waals surface area contributed by atoms with Crippen LogP contribution in [0.25, 0.3) is 98.0 Å². The van der Waals surface area contributed by atoms with Crippen LogP contribution < -0.4 is 11.1 Å². The van der Waals surface area contributed by atoms with E-state index in [4.69, 9.17) is 9.97 Å². The first-order chi connectivity index (χ1) is 23.3. The Hall–Kier alpha value is -7.08. The summed E-state index contributed by atoms with van der Waals surface area (Å²) in [7, 11) is 0. The number of nitro benzene ring substituents is 2. The topological polar surface area (TPSA) is 155 Å². The van der Waals surface area contributed by atoms with Crippen LogP contribution in [0.4, 0.5) is 11.4 Å². The SMILES string of the molecule is O=c1c2ccc3c4ccc5c(=O)n6c7cc([N+](=O)[O-])ccc7nc6c6ccc(c7ccc(c2c37)c2nc3ccc([N+](=O)[O-])cc3n12)c4c56. The lowest BCUT2D eigenvalue weighted by molar-refractivity contribution is -0.384. The van der Waals surface area contributed by atoms with E-state index in [0.29, 0.717) is 44.1 Å². The standard InChI is InChI=1S/C36H14N6O6/c43-35-23-9-5-19-20-6-10-24-32-22(34-38-26-12-2-16(42(47)48)14-28(26)40(34)36(24)44)8-4-18(30(20)32)17-3-7-21(31(23)29(17)19)33-37-25-11-1-15(41(45)46)13-27(25)39(33)35/h1-14H. The highest BCUT2D eigenvalue weighted by atomic mass is 16.6. The van der Waals surface area contributed by atoms with Crippen LogP contribution in [-0.2, 0) is 0 Å². The zero-order valence-electron chi connectivity index (χ0n) is 24.2. The zero-order chi connectivity index (χ0) is 32.3. The lowest BCUT2D eigenvalue weighted by atomic mass is 9.86. The Kier molecular flexibility index (Phi) is 4.19. The molecule has 0 saturated heterocycles. The number of hydrogen-bond acceptors (Lipinski definition) is 8. The largest absolute Gasteiger partial charge is 0.271 e. The van der Waals surface area contributed by atoms with Crippen molar-refractivity contribution in [1.82, 2.24) is 18.8 Å². The van der Waals surface area contributed by atoms with Gasteiger partial charge >= 0.3 is 0 Å². The van der Waals surface area contributed by atoms with Crippen LogP contribution in [0, 0.1) is 20.2 Å². The van der Waals surface area contributed by atoms with Crippen LogP contribution in [0.2, 0.25) is 0 Å². The van der Waals surface area contributed by atoms with Gasteiger partial charge in [0.05, 0.1) is 31.9 Å². The number of fused-ring (bicyclic) bond motifs is 10. The zero-order valence-corrected chi connectivity index (χ0v) is 24.2. The molecule has 0 aliphatic heterocycles. The smallest absolute Gasteiger partial charge is 0.268 e. The predicted molar refractivity (Wildman–Crippen MR) is 183 cm³/mol. The molecule has 0 atom stereocenters. The van der Waals surface area contributed by atoms with Crippen LogP contribution in [0.3, 0.4) is 0 Å². The molecule has 11 aromatic rings. The van der Waals surface area contributed by atoms with E-state index in [2.05, 4.69) is 0 Å². The number of benzene rings is 7. The van der Waals surface area contributed by atoms with Crippen molar-refractivity contribution >= 4 is 109 Å². The van der Waals surface area contributed by atoms with Crippen LogP contribution in [0.1, 0.15) is 0 Å². The Morgan fingerprint density at radius 3 is 1.17 bits per heavy atom. The fraction of sp³-hybridized carbons (Fsp3) is 0. The van der Waals surface area contributed by atoms with Gasteiger partial charge in [0, 0.05) is 56.6 Å². The van der Waals surface area contributed by atoms with Crippen molar-refractivity contribution in [2.45, 2.75) is 0 Å². The summed E-state index contributed by atoms with van der Waals surface area (Å²) in [5, 5.41) is 32.4. The second-order valence-corrected chi connectivity index (χ2v) is 12.2. The van der Waals surface area contributed by atoms with E-state index in [1.54, 1.807) is 24.3 Å². The fourth-order valence-corrected chi connectivity index (χ4v) is 7.99. The van der Waals surface area contributed by atoms with E-state index < -0.39 is 9.85 Å². The second kappa shape index (κ2) is 8.00. The van der Waals surface area contributed by atoms with Gasteiger partial charge in [0.15, 0.2) is 0 Å². The molecule has 12 heteroatoms. The number of pyridine rings is 2. The molecule has 12 nitrogen and oxygen atoms in total. The molecule has 7 aromatic carbocycles. The minimum atomic E-state index is -0.491. The number of rotatable bonds is 2. The van der Waals surface area contributed by atoms with E-state index in [0.717, 1.165) is 53.9 Å². The van der Waals surface area contributed by atoms with Gasteiger partial charge in [0.2, 0.25) is 0 Å². The molecule has 0 unspecified atom stereocenters. The summed E-state index contributed by atoms with van der Waals surface area (Å²) in [5.41, 5.74) is 1.68. The molecule has 0 radical (unpaired) electrons. The lowest BCUT2D eigenvalue weighted by Gasteiger charge is -2.18. The van der Waals surface area contributed by atoms with E-state index in [9.17, 15) is 29.8 Å². The van der Waals surface area contributed by atoms with Gasteiger partial charge in [-0.1, -0.05) is 24.3 Å². The average Bonchev–Trinajstić information content (AvgIpc) is 3.67. The quantitative estimate of drug-likeness (QED) is 0.0855. The summed E-state index contributed by atoms with van der Waals surface area (Å²) in [6.07, 6.45) is 0. The maximum atomic E-state index is 14.1. The van der Waals surface area contributed by atoms with Crippen LogP contribution in [0.15, 0.2) is 94.5 Å². The number of nitro groups is 2. The molecule has 0 N–H and O–H groups in total. The number of aromatic nitrogens is 4. The van der Waals surface area contributed by atoms with E-state index in [1.165, 1.54) is 33.1 Å². The van der Waals surface area contributed by atoms with Crippen molar-refractivity contribution in [3.63, 3.8) is 0 Å². The molecule has 4 aromatic heterocycles. The van der Waals surface area contributed by atoms with Crippen molar-refractivity contribution in [1.29, 1.82) is 0 Å². The third kappa shape index (κ3) is 2.74. The van der Waals surface area contributed by atoms with Crippen LogP contribution in [-0.4, -0.2) is 28.6 Å². The van der Waals surface area contributed by atoms with E-state index >= 15 is 0 Å². The molecule has 224 valence electrons. The fourth-order valence-electron chi connectivity index (χ4n) is 7.99. The van der Waals surface area contributed by atoms with Crippen molar-refractivity contribution < 1.29 is 9.85 Å². The van der Waals surface area contributed by atoms with Gasteiger partial charge in [0.1, 0.15) is 11.3 Å². The first kappa shape index (κ1) is 25.2. The molecule has 0 amide bonds. The van der Waals surface area contributed by atoms with Crippen molar-refractivity contribution in [3.05, 3.63) is 126 Å². The Morgan fingerprint density at radius 2 is 0.792 bits per heavy atom. The predicted octanol–water partition coefficient (Wildman–Crippen LogP) is 7.06. The summed E-state index contributed by atoms with van der Waals surface area (Å²) in [6.45, 7) is 0. The van der Waals surface area contributed by atoms with Crippen molar-refractivity contribution in [2.24, 2.45) is 0 Å². The highest BCUT2D eigenvalue weighted by Crippen LogP contribution is 2.45. The molecule has 0 spiro atoms. The van der Waals surface area contributed by atoms with Gasteiger partial charge in [-0.05, 0) is 68.7 Å². The Bertz CT molecular complexity index is 3210. The highest BCUT2D eigenvalue weighted by Gasteiger charge is 2.24. The van der Waals surface area contributed by atoms with Gasteiger partial charge in [0.25, 0.3) is 22.5 Å². The van der Waals surface area contributed by atoms with Gasteiger partial charge in [-0.3, -0.25) is 38.6 Å². The molecule has 0 bridgehead atoms. The van der Waals surface area contributed by atoms with Crippen LogP contribution >= 0.6 is 0 Å². The van der Waals surface area contributed by atoms with Gasteiger partial charge in [-0.15, -0.1) is 0 Å². The Labute approximate surface area is 263 Å². The Morgan fingerprint density at radius 1 is 0.458 bits per heavy atom. The molecule has 11 rings (SSSR count). The molecule has 0 aliphatic carbocycles. The third-order valence-electron chi connectivity index (χ3n) is 9.95. The Balaban J connectivity index is 1.32. The maximum Gasteiger partial charge on any atom is 0.271 e. The molecular formula is C36H14N6O6. The minimum absolute atomic E-state index is 0.124. The number of imidazole rings is 2. The van der Waals surface area contributed by atoms with E-state index in [1.807, 2.05) is 36.4 Å². The van der Waals surface area contributed by atoms with Crippen molar-refractivity contribution in [2.75, 3.05) is 0 Å². The lowest BCUT2D eigenvalue weighted by Crippen LogP contribution is -2.14. The third-order valence-corrected chi connectivity index (χ3v) is 9.95. The van der Waals surface area contributed by atoms with Crippen LogP contribution in [0.5, 0.6) is 0 Å². The van der Waals surface area contributed by atoms with Crippen molar-refractivity contribution in [3.8, 4) is 0 Å². The highest BCUT2D eigenvalue weighted by molar-refractivity contribution is 6.40. The molecule has 4 heterocycles. The van der Waals surface area contributed by atoms with Gasteiger partial charge in [-0.2, -0.15) is 0 Å².